The molecule has 0 fully saturated rings. The monoisotopic (exact) mass is 400 g/mol. The molecule has 0 saturated carbocycles. The molecule has 2 aromatic carbocycles. The number of carbonyl (C=O) groups excluding carboxylic acids is 1. The Morgan fingerprint density at radius 2 is 2.12 bits per heavy atom. The maximum atomic E-state index is 13.6. The van der Waals surface area contributed by atoms with Crippen LogP contribution < -0.4 is 5.73 Å². The molecule has 2 N–H and O–H groups in total. The van der Waals surface area contributed by atoms with Crippen molar-refractivity contribution < 1.29 is 9.18 Å². The highest BCUT2D eigenvalue weighted by molar-refractivity contribution is 9.10. The molecule has 128 valence electrons. The molecular formula is C20H18BrFN2O. The normalized spacial score (nSPS) is 16.8. The second-order valence-corrected chi connectivity index (χ2v) is 7.50. The average Bonchev–Trinajstić information content (AvgIpc) is 2.88. The van der Waals surface area contributed by atoms with Crippen LogP contribution in [0.4, 0.5) is 4.39 Å². The second-order valence-electron chi connectivity index (χ2n) is 6.59. The van der Waals surface area contributed by atoms with Crippen LogP contribution in [0.25, 0.3) is 10.9 Å². The number of hydrogen-bond donors (Lipinski definition) is 1. The van der Waals surface area contributed by atoms with E-state index in [4.69, 9.17) is 5.73 Å². The van der Waals surface area contributed by atoms with Gasteiger partial charge in [0, 0.05) is 27.6 Å². The van der Waals surface area contributed by atoms with Crippen molar-refractivity contribution in [2.75, 3.05) is 0 Å². The van der Waals surface area contributed by atoms with E-state index in [0.717, 1.165) is 45.9 Å². The van der Waals surface area contributed by atoms with E-state index in [0.29, 0.717) is 6.54 Å². The zero-order valence-electron chi connectivity index (χ0n) is 13.6. The number of rotatable bonds is 3. The third kappa shape index (κ3) is 2.86. The van der Waals surface area contributed by atoms with Crippen LogP contribution in [0.5, 0.6) is 0 Å². The van der Waals surface area contributed by atoms with Gasteiger partial charge in [0.05, 0.1) is 5.92 Å². The van der Waals surface area contributed by atoms with Gasteiger partial charge in [0.15, 0.2) is 0 Å². The standard InChI is InChI=1S/C20H18BrFN2O/c21-13-7-8-18-17(10-13)15-5-2-6-16(20(23)25)19(15)24(18)11-12-3-1-4-14(22)9-12/h1,3-4,7-10,16H,2,5-6,11H2,(H2,23,25). The van der Waals surface area contributed by atoms with Gasteiger partial charge in [-0.2, -0.15) is 0 Å². The molecule has 1 atom stereocenters. The number of nitrogens with zero attached hydrogens (tertiary/aromatic N) is 1. The fourth-order valence-electron chi connectivity index (χ4n) is 3.96. The van der Waals surface area contributed by atoms with Crippen LogP contribution in [0, 0.1) is 5.82 Å². The van der Waals surface area contributed by atoms with Crippen LogP contribution in [0.2, 0.25) is 0 Å². The predicted octanol–water partition coefficient (Wildman–Crippen LogP) is 4.50. The van der Waals surface area contributed by atoms with Gasteiger partial charge in [-0.25, -0.2) is 4.39 Å². The van der Waals surface area contributed by atoms with Crippen molar-refractivity contribution in [3.05, 3.63) is 69.6 Å². The fraction of sp³-hybridized carbons (Fsp3) is 0.250. The summed E-state index contributed by atoms with van der Waals surface area (Å²) in [5, 5.41) is 1.15. The van der Waals surface area contributed by atoms with Gasteiger partial charge in [-0.05, 0) is 60.7 Å². The van der Waals surface area contributed by atoms with E-state index in [-0.39, 0.29) is 17.6 Å². The quantitative estimate of drug-likeness (QED) is 0.691. The summed E-state index contributed by atoms with van der Waals surface area (Å²) in [7, 11) is 0. The van der Waals surface area contributed by atoms with Crippen LogP contribution in [-0.4, -0.2) is 10.5 Å². The summed E-state index contributed by atoms with van der Waals surface area (Å²) >= 11 is 3.54. The van der Waals surface area contributed by atoms with Crippen molar-refractivity contribution in [1.82, 2.24) is 4.57 Å². The Labute approximate surface area is 153 Å². The molecule has 5 heteroatoms. The van der Waals surface area contributed by atoms with Gasteiger partial charge in [0.1, 0.15) is 5.82 Å². The molecule has 1 aliphatic carbocycles. The van der Waals surface area contributed by atoms with Gasteiger partial charge in [0.2, 0.25) is 5.91 Å². The first-order valence-electron chi connectivity index (χ1n) is 8.39. The van der Waals surface area contributed by atoms with Crippen molar-refractivity contribution in [1.29, 1.82) is 0 Å². The van der Waals surface area contributed by atoms with Crippen LogP contribution in [-0.2, 0) is 17.8 Å². The molecule has 3 aromatic rings. The number of primary amides is 1. The molecule has 3 nitrogen and oxygen atoms in total. The predicted molar refractivity (Wildman–Crippen MR) is 100 cm³/mol. The number of benzene rings is 2. The number of nitrogens with two attached hydrogens (primary N) is 1. The Hall–Kier alpha value is -2.14. The summed E-state index contributed by atoms with van der Waals surface area (Å²) < 4.78 is 16.8. The highest BCUT2D eigenvalue weighted by Gasteiger charge is 2.31. The minimum atomic E-state index is -0.289. The lowest BCUT2D eigenvalue weighted by atomic mass is 9.86. The summed E-state index contributed by atoms with van der Waals surface area (Å²) in [6.45, 7) is 0.523. The third-order valence-corrected chi connectivity index (χ3v) is 5.49. The summed E-state index contributed by atoms with van der Waals surface area (Å²) in [6, 6.07) is 12.7. The number of carbonyl (C=O) groups is 1. The molecule has 0 aliphatic heterocycles. The maximum Gasteiger partial charge on any atom is 0.226 e. The largest absolute Gasteiger partial charge is 0.369 e. The Morgan fingerprint density at radius 3 is 2.88 bits per heavy atom. The van der Waals surface area contributed by atoms with Gasteiger partial charge < -0.3 is 10.3 Å². The highest BCUT2D eigenvalue weighted by Crippen LogP contribution is 2.39. The lowest BCUT2D eigenvalue weighted by Gasteiger charge is -2.23. The van der Waals surface area contributed by atoms with E-state index in [1.165, 1.54) is 11.6 Å². The smallest absolute Gasteiger partial charge is 0.226 e. The topological polar surface area (TPSA) is 48.0 Å². The Kier molecular flexibility index (Phi) is 4.12. The molecule has 1 heterocycles. The minimum absolute atomic E-state index is 0.253. The van der Waals surface area contributed by atoms with Crippen molar-refractivity contribution in [2.24, 2.45) is 5.73 Å². The molecule has 1 aromatic heterocycles. The molecule has 1 amide bonds. The van der Waals surface area contributed by atoms with Crippen LogP contribution in [0.3, 0.4) is 0 Å². The van der Waals surface area contributed by atoms with Crippen LogP contribution in [0.15, 0.2) is 46.9 Å². The Morgan fingerprint density at radius 1 is 1.28 bits per heavy atom. The van der Waals surface area contributed by atoms with E-state index in [9.17, 15) is 9.18 Å². The number of amides is 1. The number of fused-ring (bicyclic) bond motifs is 3. The highest BCUT2D eigenvalue weighted by atomic mass is 79.9. The first-order chi connectivity index (χ1) is 12.0. The van der Waals surface area contributed by atoms with Gasteiger partial charge in [-0.3, -0.25) is 4.79 Å². The van der Waals surface area contributed by atoms with Crippen molar-refractivity contribution in [3.63, 3.8) is 0 Å². The van der Waals surface area contributed by atoms with Gasteiger partial charge in [-0.15, -0.1) is 0 Å². The maximum absolute atomic E-state index is 13.6. The SMILES string of the molecule is NC(=O)C1CCCc2c1n(Cc1cccc(F)c1)c1ccc(Br)cc21. The van der Waals surface area contributed by atoms with Crippen molar-refractivity contribution in [3.8, 4) is 0 Å². The average molecular weight is 401 g/mol. The second kappa shape index (κ2) is 6.30. The molecule has 0 saturated heterocycles. The summed E-state index contributed by atoms with van der Waals surface area (Å²) in [6.07, 6.45) is 2.65. The Bertz CT molecular complexity index is 979. The van der Waals surface area contributed by atoms with Crippen LogP contribution in [0.1, 0.15) is 35.6 Å². The summed E-state index contributed by atoms with van der Waals surface area (Å²) in [5.74, 6) is -0.830. The fourth-order valence-corrected chi connectivity index (χ4v) is 4.32. The Balaban J connectivity index is 1.95. The van der Waals surface area contributed by atoms with E-state index < -0.39 is 0 Å². The lowest BCUT2D eigenvalue weighted by molar-refractivity contribution is -0.119. The van der Waals surface area contributed by atoms with Gasteiger partial charge in [-0.1, -0.05) is 28.1 Å². The molecule has 1 unspecified atom stereocenters. The number of hydrogen-bond acceptors (Lipinski definition) is 1. The van der Waals surface area contributed by atoms with E-state index in [2.05, 4.69) is 32.6 Å². The van der Waals surface area contributed by atoms with Gasteiger partial charge >= 0.3 is 0 Å². The molecule has 4 rings (SSSR count). The first-order valence-corrected chi connectivity index (χ1v) is 9.18. The van der Waals surface area contributed by atoms with E-state index in [1.54, 1.807) is 12.1 Å². The molecule has 0 bridgehead atoms. The third-order valence-electron chi connectivity index (χ3n) is 5.00. The van der Waals surface area contributed by atoms with Crippen LogP contribution >= 0.6 is 15.9 Å². The molecule has 1 aliphatic rings. The first kappa shape index (κ1) is 16.3. The molecule has 0 spiro atoms. The lowest BCUT2D eigenvalue weighted by Crippen LogP contribution is -2.27. The van der Waals surface area contributed by atoms with Gasteiger partial charge in [0.25, 0.3) is 0 Å². The summed E-state index contributed by atoms with van der Waals surface area (Å²) in [4.78, 5) is 12.1. The summed E-state index contributed by atoms with van der Waals surface area (Å²) in [5.41, 5.74) is 9.82. The minimum Gasteiger partial charge on any atom is -0.369 e. The molecular weight excluding hydrogens is 383 g/mol. The zero-order valence-corrected chi connectivity index (χ0v) is 15.2. The van der Waals surface area contributed by atoms with E-state index >= 15 is 0 Å². The van der Waals surface area contributed by atoms with Crippen molar-refractivity contribution >= 4 is 32.7 Å². The number of aryl methyl sites for hydroxylation is 1. The number of aromatic nitrogens is 1. The van der Waals surface area contributed by atoms with E-state index in [1.807, 2.05) is 12.1 Å². The zero-order chi connectivity index (χ0) is 17.6. The van der Waals surface area contributed by atoms with Crippen molar-refractivity contribution in [2.45, 2.75) is 31.7 Å². The molecule has 0 radical (unpaired) electrons. The number of halogens is 2. The molecule has 25 heavy (non-hydrogen) atoms.